The van der Waals surface area contributed by atoms with Gasteiger partial charge in [-0.25, -0.2) is 9.59 Å². The van der Waals surface area contributed by atoms with Gasteiger partial charge in [-0.3, -0.25) is 9.59 Å². The average Bonchev–Trinajstić information content (AvgIpc) is 2.43. The van der Waals surface area contributed by atoms with Crippen LogP contribution in [0.2, 0.25) is 0 Å². The van der Waals surface area contributed by atoms with E-state index in [0.717, 1.165) is 0 Å². The van der Waals surface area contributed by atoms with Crippen LogP contribution in [-0.2, 0) is 33.3 Å². The predicted molar refractivity (Wildman–Crippen MR) is 105 cm³/mol. The molecule has 0 aliphatic carbocycles. The van der Waals surface area contributed by atoms with E-state index in [2.05, 4.69) is 5.32 Å². The molecule has 0 aromatic rings. The number of amides is 1. The number of rotatable bonds is 7. The maximum atomic E-state index is 12.3. The van der Waals surface area contributed by atoms with Gasteiger partial charge in [-0.2, -0.15) is 0 Å². The van der Waals surface area contributed by atoms with Crippen LogP contribution in [0.3, 0.4) is 0 Å². The van der Waals surface area contributed by atoms with Crippen molar-refractivity contribution in [2.45, 2.75) is 98.1 Å². The molecule has 1 N–H and O–H groups in total. The summed E-state index contributed by atoms with van der Waals surface area (Å²) < 4.78 is 20.6. The molecule has 1 unspecified atom stereocenters. The Bertz CT molecular complexity index is 593. The quantitative estimate of drug-likeness (QED) is 0.496. The van der Waals surface area contributed by atoms with Crippen LogP contribution >= 0.6 is 0 Å². The fourth-order valence-electron chi connectivity index (χ4n) is 1.93. The van der Waals surface area contributed by atoms with Gasteiger partial charge in [-0.15, -0.1) is 0 Å². The fourth-order valence-corrected chi connectivity index (χ4v) is 1.93. The maximum absolute atomic E-state index is 12.3. The van der Waals surface area contributed by atoms with Crippen molar-refractivity contribution in [2.75, 3.05) is 6.54 Å². The number of esters is 3. The van der Waals surface area contributed by atoms with Gasteiger partial charge in [0.25, 0.3) is 0 Å². The molecule has 0 bridgehead atoms. The van der Waals surface area contributed by atoms with Crippen molar-refractivity contribution >= 4 is 24.0 Å². The lowest BCUT2D eigenvalue weighted by Crippen LogP contribution is -2.40. The number of hydrogen-bond donors (Lipinski definition) is 1. The van der Waals surface area contributed by atoms with Gasteiger partial charge < -0.3 is 24.3 Å². The summed E-state index contributed by atoms with van der Waals surface area (Å²) in [5.41, 5.74) is -2.18. The molecule has 9 nitrogen and oxygen atoms in total. The molecule has 9 heteroatoms. The van der Waals surface area contributed by atoms with Crippen LogP contribution in [0.5, 0.6) is 0 Å². The van der Waals surface area contributed by atoms with E-state index in [-0.39, 0.29) is 12.8 Å². The third-order valence-corrected chi connectivity index (χ3v) is 2.75. The maximum Gasteiger partial charge on any atom is 0.408 e. The molecular formula is C20H35NO8. The van der Waals surface area contributed by atoms with Crippen molar-refractivity contribution in [3.63, 3.8) is 0 Å². The molecule has 0 saturated heterocycles. The molecule has 0 fully saturated rings. The number of carbonyl (C=O) groups excluding carboxylic acids is 4. The Kier molecular flexibility index (Phi) is 9.62. The summed E-state index contributed by atoms with van der Waals surface area (Å²) in [6, 6.07) is 0. The molecule has 0 heterocycles. The lowest BCUT2D eigenvalue weighted by atomic mass is 10.1. The number of ether oxygens (including phenoxy) is 4. The first-order chi connectivity index (χ1) is 12.9. The molecule has 29 heavy (non-hydrogen) atoms. The topological polar surface area (TPSA) is 117 Å². The average molecular weight is 417 g/mol. The monoisotopic (exact) mass is 417 g/mol. The van der Waals surface area contributed by atoms with E-state index in [4.69, 9.17) is 18.9 Å². The highest BCUT2D eigenvalue weighted by molar-refractivity contribution is 5.82. The highest BCUT2D eigenvalue weighted by atomic mass is 16.6. The summed E-state index contributed by atoms with van der Waals surface area (Å²) in [4.78, 5) is 47.9. The van der Waals surface area contributed by atoms with Gasteiger partial charge >= 0.3 is 24.0 Å². The van der Waals surface area contributed by atoms with E-state index in [1.807, 2.05) is 0 Å². The smallest absolute Gasteiger partial charge is 0.408 e. The van der Waals surface area contributed by atoms with Crippen LogP contribution in [0, 0.1) is 0 Å². The highest BCUT2D eigenvalue weighted by Crippen LogP contribution is 2.15. The van der Waals surface area contributed by atoms with Crippen LogP contribution in [0.4, 0.5) is 4.79 Å². The van der Waals surface area contributed by atoms with Gasteiger partial charge in [0.1, 0.15) is 23.3 Å². The number of nitrogens with one attached hydrogen (secondary N) is 1. The Labute approximate surface area is 172 Å². The Morgan fingerprint density at radius 3 is 1.62 bits per heavy atom. The van der Waals surface area contributed by atoms with Crippen molar-refractivity contribution in [3.05, 3.63) is 0 Å². The lowest BCUT2D eigenvalue weighted by Gasteiger charge is -2.24. The summed E-state index contributed by atoms with van der Waals surface area (Å²) in [6.45, 7) is 14.8. The summed E-state index contributed by atoms with van der Waals surface area (Å²) in [7, 11) is 0. The largest absolute Gasteiger partial charge is 0.460 e. The number of carbonyl (C=O) groups is 4. The van der Waals surface area contributed by atoms with Crippen LogP contribution in [0.25, 0.3) is 0 Å². The van der Waals surface area contributed by atoms with Gasteiger partial charge in [0.05, 0.1) is 0 Å². The van der Waals surface area contributed by atoms with Crippen LogP contribution < -0.4 is 5.32 Å². The first kappa shape index (κ1) is 26.7. The summed E-state index contributed by atoms with van der Waals surface area (Å²) >= 11 is 0. The Morgan fingerprint density at radius 2 is 1.17 bits per heavy atom. The van der Waals surface area contributed by atoms with Gasteiger partial charge in [-0.1, -0.05) is 0 Å². The normalized spacial score (nSPS) is 13.1. The van der Waals surface area contributed by atoms with Crippen LogP contribution in [0.1, 0.15) is 75.2 Å². The molecule has 0 saturated carbocycles. The second kappa shape index (κ2) is 10.5. The van der Waals surface area contributed by atoms with Gasteiger partial charge in [0.15, 0.2) is 0 Å². The minimum atomic E-state index is -1.33. The zero-order valence-corrected chi connectivity index (χ0v) is 19.0. The third-order valence-electron chi connectivity index (χ3n) is 2.75. The van der Waals surface area contributed by atoms with Crippen molar-refractivity contribution in [2.24, 2.45) is 0 Å². The highest BCUT2D eigenvalue weighted by Gasteiger charge is 2.30. The SMILES string of the molecule is CC(C)(C)OC(=O)CCC(OC(=O)NCC(=O)OC(C)(C)C)C(=O)OC(C)(C)C. The van der Waals surface area contributed by atoms with Crippen molar-refractivity contribution < 1.29 is 38.1 Å². The lowest BCUT2D eigenvalue weighted by molar-refractivity contribution is -0.166. The minimum Gasteiger partial charge on any atom is -0.460 e. The molecule has 0 aliphatic rings. The Balaban J connectivity index is 4.88. The molecule has 0 radical (unpaired) electrons. The zero-order chi connectivity index (χ0) is 23.0. The molecule has 1 amide bonds. The Morgan fingerprint density at radius 1 is 0.724 bits per heavy atom. The molecule has 0 aromatic carbocycles. The van der Waals surface area contributed by atoms with Crippen molar-refractivity contribution in [3.8, 4) is 0 Å². The molecule has 0 aromatic heterocycles. The van der Waals surface area contributed by atoms with E-state index < -0.39 is 53.5 Å². The fraction of sp³-hybridized carbons (Fsp3) is 0.800. The Hall–Kier alpha value is -2.32. The van der Waals surface area contributed by atoms with Crippen molar-refractivity contribution in [1.82, 2.24) is 5.32 Å². The van der Waals surface area contributed by atoms with E-state index in [1.54, 1.807) is 62.3 Å². The second-order valence-electron chi connectivity index (χ2n) is 9.49. The molecule has 0 spiro atoms. The van der Waals surface area contributed by atoms with Gasteiger partial charge in [-0.05, 0) is 62.3 Å². The molecule has 0 rings (SSSR count). The first-order valence-corrected chi connectivity index (χ1v) is 9.49. The summed E-state index contributed by atoms with van der Waals surface area (Å²) in [6.07, 6.45) is -2.61. The standard InChI is InChI=1S/C20H35NO8/c1-18(2,3)27-14(22)11-10-13(16(24)29-20(7,8)9)26-17(25)21-12-15(23)28-19(4,5)6/h13H,10-12H2,1-9H3,(H,21,25). The van der Waals surface area contributed by atoms with E-state index >= 15 is 0 Å². The van der Waals surface area contributed by atoms with E-state index in [1.165, 1.54) is 0 Å². The molecule has 168 valence electrons. The van der Waals surface area contributed by atoms with E-state index in [9.17, 15) is 19.2 Å². The second-order valence-corrected chi connectivity index (χ2v) is 9.49. The van der Waals surface area contributed by atoms with Crippen LogP contribution in [-0.4, -0.2) is 53.5 Å². The molecule has 1 atom stereocenters. The predicted octanol–water partition coefficient (Wildman–Crippen LogP) is 2.89. The summed E-state index contributed by atoms with van der Waals surface area (Å²) in [5, 5.41) is 2.22. The van der Waals surface area contributed by atoms with Crippen LogP contribution in [0.15, 0.2) is 0 Å². The number of alkyl carbamates (subject to hydrolysis) is 1. The summed E-state index contributed by atoms with van der Waals surface area (Å²) in [5.74, 6) is -1.99. The van der Waals surface area contributed by atoms with E-state index in [0.29, 0.717) is 0 Å². The minimum absolute atomic E-state index is 0.121. The van der Waals surface area contributed by atoms with Gasteiger partial charge in [0.2, 0.25) is 6.10 Å². The molecular weight excluding hydrogens is 382 g/mol. The molecule has 0 aliphatic heterocycles. The van der Waals surface area contributed by atoms with Gasteiger partial charge in [0, 0.05) is 12.8 Å². The first-order valence-electron chi connectivity index (χ1n) is 9.49. The zero-order valence-electron chi connectivity index (χ0n) is 19.0. The number of hydrogen-bond acceptors (Lipinski definition) is 8. The third kappa shape index (κ3) is 15.3. The van der Waals surface area contributed by atoms with Crippen molar-refractivity contribution in [1.29, 1.82) is 0 Å².